The summed E-state index contributed by atoms with van der Waals surface area (Å²) in [6, 6.07) is 38.0. The molecule has 2 heterocycles. The molecule has 0 bridgehead atoms. The van der Waals surface area contributed by atoms with Crippen molar-refractivity contribution in [3.63, 3.8) is 0 Å². The molecule has 0 unspecified atom stereocenters. The summed E-state index contributed by atoms with van der Waals surface area (Å²) < 4.78 is 0. The second-order valence-electron chi connectivity index (χ2n) is 8.39. The molecule has 0 fully saturated rings. The number of anilines is 3. The van der Waals surface area contributed by atoms with E-state index in [4.69, 9.17) is 9.97 Å². The lowest BCUT2D eigenvalue weighted by atomic mass is 9.92. The van der Waals surface area contributed by atoms with Gasteiger partial charge < -0.3 is 0 Å². The van der Waals surface area contributed by atoms with Crippen molar-refractivity contribution in [2.24, 2.45) is 0 Å². The van der Waals surface area contributed by atoms with E-state index in [9.17, 15) is 0 Å². The van der Waals surface area contributed by atoms with E-state index in [0.29, 0.717) is 0 Å². The van der Waals surface area contributed by atoms with E-state index in [2.05, 4.69) is 103 Å². The number of hydrogen-bond acceptors (Lipinski definition) is 3. The summed E-state index contributed by atoms with van der Waals surface area (Å²) >= 11 is 0. The number of pyridine rings is 2. The summed E-state index contributed by atoms with van der Waals surface area (Å²) in [7, 11) is 0. The van der Waals surface area contributed by atoms with Crippen molar-refractivity contribution in [1.29, 1.82) is 0 Å². The Morgan fingerprint density at radius 1 is 0.559 bits per heavy atom. The summed E-state index contributed by atoms with van der Waals surface area (Å²) in [5.41, 5.74) is 5.45. The number of rotatable bonds is 4. The van der Waals surface area contributed by atoms with Crippen molar-refractivity contribution in [3.05, 3.63) is 127 Å². The van der Waals surface area contributed by atoms with Crippen LogP contribution in [0.4, 0.5) is 17.2 Å². The van der Waals surface area contributed by atoms with Gasteiger partial charge in [0.2, 0.25) is 0 Å². The van der Waals surface area contributed by atoms with Crippen LogP contribution in [0.3, 0.4) is 0 Å². The van der Waals surface area contributed by atoms with Gasteiger partial charge in [-0.1, -0.05) is 78.9 Å². The first-order chi connectivity index (χ1) is 16.8. The van der Waals surface area contributed by atoms with E-state index >= 15 is 0 Å². The third-order valence-electron chi connectivity index (χ3n) is 6.19. The van der Waals surface area contributed by atoms with Crippen LogP contribution in [0.25, 0.3) is 32.8 Å². The fourth-order valence-electron chi connectivity index (χ4n) is 4.68. The van der Waals surface area contributed by atoms with Crippen LogP contribution >= 0.6 is 0 Å². The average molecular weight is 438 g/mol. The third-order valence-corrected chi connectivity index (χ3v) is 6.19. The van der Waals surface area contributed by atoms with Crippen molar-refractivity contribution < 1.29 is 0 Å². The standard InChI is InChI=1S/C31H23N3/c1-22-18-19-29(33-21-22)34(23-11-3-2-4-12-23)31-26-15-7-5-13-24(26)30(28-17-9-10-20-32-28)25-14-6-8-16-27(25)31/h2-21H,1H3. The lowest BCUT2D eigenvalue weighted by molar-refractivity contribution is 1.17. The summed E-state index contributed by atoms with van der Waals surface area (Å²) in [6.45, 7) is 2.07. The SMILES string of the molecule is Cc1ccc(N(c2ccccc2)c2c3ccccc3c(-c3ccccn3)c3ccccc23)nc1. The molecule has 3 heteroatoms. The smallest absolute Gasteiger partial charge is 0.137 e. The first-order valence-electron chi connectivity index (χ1n) is 11.4. The first-order valence-corrected chi connectivity index (χ1v) is 11.4. The van der Waals surface area contributed by atoms with Gasteiger partial charge in [-0.3, -0.25) is 9.88 Å². The molecule has 4 aromatic carbocycles. The minimum absolute atomic E-state index is 0.887. The highest BCUT2D eigenvalue weighted by atomic mass is 15.2. The van der Waals surface area contributed by atoms with Gasteiger partial charge in [-0.25, -0.2) is 4.98 Å². The molecule has 0 aliphatic carbocycles. The Morgan fingerprint density at radius 3 is 1.76 bits per heavy atom. The van der Waals surface area contributed by atoms with Gasteiger partial charge in [-0.15, -0.1) is 0 Å². The Balaban J connectivity index is 1.77. The highest BCUT2D eigenvalue weighted by Gasteiger charge is 2.22. The molecule has 0 saturated heterocycles. The minimum atomic E-state index is 0.887. The quantitative estimate of drug-likeness (QED) is 0.260. The molecule has 6 aromatic rings. The molecule has 162 valence electrons. The monoisotopic (exact) mass is 437 g/mol. The van der Waals surface area contributed by atoms with Crippen molar-refractivity contribution in [1.82, 2.24) is 9.97 Å². The summed E-state index contributed by atoms with van der Waals surface area (Å²) in [5, 5.41) is 4.66. The van der Waals surface area contributed by atoms with Crippen LogP contribution in [0.2, 0.25) is 0 Å². The van der Waals surface area contributed by atoms with Crippen molar-refractivity contribution in [2.75, 3.05) is 4.90 Å². The van der Waals surface area contributed by atoms with Crippen LogP contribution in [0.1, 0.15) is 5.56 Å². The molecule has 0 saturated carbocycles. The molecule has 0 aliphatic heterocycles. The first kappa shape index (κ1) is 20.1. The number of fused-ring (bicyclic) bond motifs is 2. The van der Waals surface area contributed by atoms with Gasteiger partial charge in [0.05, 0.1) is 11.4 Å². The van der Waals surface area contributed by atoms with E-state index in [-0.39, 0.29) is 0 Å². The lowest BCUT2D eigenvalue weighted by Crippen LogP contribution is -2.13. The maximum absolute atomic E-state index is 4.84. The Bertz CT molecular complexity index is 1530. The predicted molar refractivity (Wildman–Crippen MR) is 142 cm³/mol. The van der Waals surface area contributed by atoms with Crippen LogP contribution in [0.5, 0.6) is 0 Å². The van der Waals surface area contributed by atoms with Gasteiger partial charge in [-0.2, -0.15) is 0 Å². The Kier molecular flexibility index (Phi) is 5.00. The zero-order chi connectivity index (χ0) is 22.9. The number of benzene rings is 4. The number of para-hydroxylation sites is 1. The summed E-state index contributed by atoms with van der Waals surface area (Å²) in [5.74, 6) is 0.887. The van der Waals surface area contributed by atoms with Gasteiger partial charge in [0.25, 0.3) is 0 Å². The molecular formula is C31H23N3. The Morgan fingerprint density at radius 2 is 1.18 bits per heavy atom. The third kappa shape index (κ3) is 3.39. The molecule has 0 spiro atoms. The fourth-order valence-corrected chi connectivity index (χ4v) is 4.68. The van der Waals surface area contributed by atoms with Crippen LogP contribution in [-0.4, -0.2) is 9.97 Å². The number of aromatic nitrogens is 2. The van der Waals surface area contributed by atoms with Crippen LogP contribution in [0.15, 0.2) is 122 Å². The molecular weight excluding hydrogens is 414 g/mol. The molecule has 34 heavy (non-hydrogen) atoms. The van der Waals surface area contributed by atoms with Crippen molar-refractivity contribution in [3.8, 4) is 11.3 Å². The summed E-state index contributed by atoms with van der Waals surface area (Å²) in [4.78, 5) is 11.8. The maximum Gasteiger partial charge on any atom is 0.137 e. The zero-order valence-electron chi connectivity index (χ0n) is 18.9. The average Bonchev–Trinajstić information content (AvgIpc) is 2.90. The molecule has 0 amide bonds. The van der Waals surface area contributed by atoms with Crippen LogP contribution < -0.4 is 4.90 Å². The van der Waals surface area contributed by atoms with Gasteiger partial charge in [0.1, 0.15) is 5.82 Å². The van der Waals surface area contributed by atoms with E-state index in [1.807, 2.05) is 30.6 Å². The van der Waals surface area contributed by atoms with Gasteiger partial charge >= 0.3 is 0 Å². The molecule has 0 atom stereocenters. The molecule has 3 nitrogen and oxygen atoms in total. The fraction of sp³-hybridized carbons (Fsp3) is 0.0323. The largest absolute Gasteiger partial charge is 0.294 e. The summed E-state index contributed by atoms with van der Waals surface area (Å²) in [6.07, 6.45) is 3.79. The number of aryl methyl sites for hydroxylation is 1. The molecule has 0 aliphatic rings. The highest BCUT2D eigenvalue weighted by Crippen LogP contribution is 2.47. The van der Waals surface area contributed by atoms with E-state index in [1.165, 1.54) is 10.8 Å². The Hall–Kier alpha value is -4.50. The molecule has 2 aromatic heterocycles. The van der Waals surface area contributed by atoms with Gasteiger partial charge in [-0.05, 0) is 53.6 Å². The second kappa shape index (κ2) is 8.45. The highest BCUT2D eigenvalue weighted by molar-refractivity contribution is 6.21. The van der Waals surface area contributed by atoms with Gasteiger partial charge in [0, 0.05) is 34.4 Å². The molecule has 6 rings (SSSR count). The number of hydrogen-bond donors (Lipinski definition) is 0. The molecule has 0 radical (unpaired) electrons. The Labute approximate surface area is 199 Å². The van der Waals surface area contributed by atoms with E-state index in [1.54, 1.807) is 0 Å². The van der Waals surface area contributed by atoms with E-state index in [0.717, 1.165) is 44.8 Å². The van der Waals surface area contributed by atoms with Crippen molar-refractivity contribution >= 4 is 38.7 Å². The maximum atomic E-state index is 4.84. The van der Waals surface area contributed by atoms with Crippen LogP contribution in [-0.2, 0) is 0 Å². The second-order valence-corrected chi connectivity index (χ2v) is 8.39. The minimum Gasteiger partial charge on any atom is -0.294 e. The predicted octanol–water partition coefficient (Wildman–Crippen LogP) is 8.23. The van der Waals surface area contributed by atoms with Crippen molar-refractivity contribution in [2.45, 2.75) is 6.92 Å². The zero-order valence-corrected chi connectivity index (χ0v) is 18.9. The number of nitrogens with zero attached hydrogens (tertiary/aromatic N) is 3. The normalized spacial score (nSPS) is 11.1. The van der Waals surface area contributed by atoms with Crippen LogP contribution in [0, 0.1) is 6.92 Å². The van der Waals surface area contributed by atoms with E-state index < -0.39 is 0 Å². The molecule has 0 N–H and O–H groups in total. The topological polar surface area (TPSA) is 29.0 Å². The van der Waals surface area contributed by atoms with Gasteiger partial charge in [0.15, 0.2) is 0 Å². The lowest BCUT2D eigenvalue weighted by Gasteiger charge is -2.28.